The van der Waals surface area contributed by atoms with Crippen molar-refractivity contribution < 1.29 is 4.79 Å². The highest BCUT2D eigenvalue weighted by Gasteiger charge is 2.61. The molecule has 2 aliphatic carbocycles. The fraction of sp³-hybridized carbons (Fsp3) is 0.667. The Kier molecular flexibility index (Phi) is 3.31. The van der Waals surface area contributed by atoms with Gasteiger partial charge >= 0.3 is 0 Å². The smallest absolute Gasteiger partial charge is 0.226 e. The first kappa shape index (κ1) is 14.9. The van der Waals surface area contributed by atoms with Gasteiger partial charge in [-0.1, -0.05) is 24.3 Å². The predicted octanol–water partition coefficient (Wildman–Crippen LogP) is 3.02. The number of aryl methyl sites for hydroxylation is 1. The Morgan fingerprint density at radius 2 is 1.96 bits per heavy atom. The van der Waals surface area contributed by atoms with E-state index in [2.05, 4.69) is 41.5 Å². The third kappa shape index (κ3) is 2.17. The van der Waals surface area contributed by atoms with E-state index in [9.17, 15) is 4.79 Å². The number of amides is 1. The second-order valence-electron chi connectivity index (χ2n) is 8.64. The number of hydrogen-bond donors (Lipinski definition) is 1. The molecular weight excluding hydrogens is 296 g/mol. The summed E-state index contributed by atoms with van der Waals surface area (Å²) in [4.78, 5) is 15.4. The number of nitrogens with one attached hydrogen (secondary N) is 1. The maximum atomic E-state index is 13.2. The molecule has 4 unspecified atom stereocenters. The molecule has 4 atom stereocenters. The summed E-state index contributed by atoms with van der Waals surface area (Å²) >= 11 is 0. The molecule has 128 valence electrons. The van der Waals surface area contributed by atoms with E-state index in [4.69, 9.17) is 0 Å². The van der Waals surface area contributed by atoms with Gasteiger partial charge in [0.25, 0.3) is 0 Å². The van der Waals surface area contributed by atoms with Crippen LogP contribution in [0.4, 0.5) is 0 Å². The van der Waals surface area contributed by atoms with Gasteiger partial charge in [0.1, 0.15) is 0 Å². The third-order valence-electron chi connectivity index (χ3n) is 7.34. The van der Waals surface area contributed by atoms with Crippen LogP contribution in [0.25, 0.3) is 0 Å². The topological polar surface area (TPSA) is 32.3 Å². The van der Waals surface area contributed by atoms with Crippen molar-refractivity contribution in [3.63, 3.8) is 0 Å². The number of rotatable bonds is 2. The first-order valence-electron chi connectivity index (χ1n) is 9.78. The maximum absolute atomic E-state index is 13.2. The minimum absolute atomic E-state index is 0.173. The summed E-state index contributed by atoms with van der Waals surface area (Å²) < 4.78 is 0. The molecule has 0 radical (unpaired) electrons. The normalized spacial score (nSPS) is 39.5. The van der Waals surface area contributed by atoms with Crippen molar-refractivity contribution in [3.05, 3.63) is 35.4 Å². The zero-order valence-corrected chi connectivity index (χ0v) is 14.6. The lowest BCUT2D eigenvalue weighted by molar-refractivity contribution is -0.134. The Balaban J connectivity index is 1.34. The molecule has 1 aromatic carbocycles. The van der Waals surface area contributed by atoms with Crippen LogP contribution in [0.15, 0.2) is 24.3 Å². The van der Waals surface area contributed by atoms with Crippen LogP contribution in [0.1, 0.15) is 56.1 Å². The van der Waals surface area contributed by atoms with E-state index in [0.29, 0.717) is 24.0 Å². The first-order chi connectivity index (χ1) is 11.7. The highest BCUT2D eigenvalue weighted by Crippen LogP contribution is 2.61. The average Bonchev–Trinajstić information content (AvgIpc) is 3.23. The van der Waals surface area contributed by atoms with Crippen LogP contribution in [0.3, 0.4) is 0 Å². The molecule has 2 heterocycles. The van der Waals surface area contributed by atoms with Gasteiger partial charge in [-0.2, -0.15) is 0 Å². The Labute approximate surface area is 144 Å². The Hall–Kier alpha value is -1.35. The summed E-state index contributed by atoms with van der Waals surface area (Å²) in [6.45, 7) is 0. The van der Waals surface area contributed by atoms with Crippen LogP contribution in [0, 0.1) is 5.92 Å². The summed E-state index contributed by atoms with van der Waals surface area (Å²) in [5.74, 6) is 0.648. The number of carbonyl (C=O) groups excluding carboxylic acids is 1. The predicted molar refractivity (Wildman–Crippen MR) is 94.9 cm³/mol. The van der Waals surface area contributed by atoms with E-state index < -0.39 is 0 Å². The molecule has 3 fully saturated rings. The van der Waals surface area contributed by atoms with E-state index >= 15 is 0 Å². The molecule has 2 saturated heterocycles. The molecule has 3 nitrogen and oxygen atoms in total. The molecule has 1 amide bonds. The lowest BCUT2D eigenvalue weighted by Gasteiger charge is -2.36. The van der Waals surface area contributed by atoms with Crippen LogP contribution >= 0.6 is 0 Å². The number of benzene rings is 1. The Morgan fingerprint density at radius 1 is 1.21 bits per heavy atom. The SMILES string of the molecule is CN(C(=O)C1CC12CCCc1ccccc12)C1CC2CCC(C1)N2. The quantitative estimate of drug-likeness (QED) is 0.907. The Morgan fingerprint density at radius 3 is 2.75 bits per heavy atom. The number of nitrogens with zero attached hydrogens (tertiary/aromatic N) is 1. The molecule has 24 heavy (non-hydrogen) atoms. The summed E-state index contributed by atoms with van der Waals surface area (Å²) in [6.07, 6.45) is 9.59. The van der Waals surface area contributed by atoms with Crippen LogP contribution in [0.5, 0.6) is 0 Å². The van der Waals surface area contributed by atoms with Gasteiger partial charge in [0.2, 0.25) is 5.91 Å². The number of piperidine rings is 1. The molecule has 0 aromatic heterocycles. The van der Waals surface area contributed by atoms with E-state index in [-0.39, 0.29) is 11.3 Å². The Bertz CT molecular complexity index is 660. The molecule has 1 saturated carbocycles. The molecule has 2 bridgehead atoms. The number of carbonyl (C=O) groups is 1. The van der Waals surface area contributed by atoms with Crippen molar-refractivity contribution in [2.24, 2.45) is 5.92 Å². The largest absolute Gasteiger partial charge is 0.342 e. The van der Waals surface area contributed by atoms with Crippen LogP contribution in [-0.2, 0) is 16.6 Å². The first-order valence-corrected chi connectivity index (χ1v) is 9.78. The molecule has 2 aliphatic heterocycles. The summed E-state index contributed by atoms with van der Waals surface area (Å²) in [6, 6.07) is 10.6. The van der Waals surface area contributed by atoms with E-state index in [0.717, 1.165) is 19.3 Å². The molecule has 1 N–H and O–H groups in total. The zero-order valence-electron chi connectivity index (χ0n) is 14.6. The second-order valence-corrected chi connectivity index (χ2v) is 8.64. The van der Waals surface area contributed by atoms with Crippen molar-refractivity contribution in [3.8, 4) is 0 Å². The minimum Gasteiger partial charge on any atom is -0.342 e. The van der Waals surface area contributed by atoms with Crippen LogP contribution in [0.2, 0.25) is 0 Å². The van der Waals surface area contributed by atoms with Crippen molar-refractivity contribution in [2.75, 3.05) is 7.05 Å². The lowest BCUT2D eigenvalue weighted by atomic mass is 9.78. The monoisotopic (exact) mass is 324 g/mol. The third-order valence-corrected chi connectivity index (χ3v) is 7.34. The van der Waals surface area contributed by atoms with Crippen molar-refractivity contribution in [1.82, 2.24) is 10.2 Å². The maximum Gasteiger partial charge on any atom is 0.226 e. The van der Waals surface area contributed by atoms with Crippen molar-refractivity contribution >= 4 is 5.91 Å². The van der Waals surface area contributed by atoms with E-state index in [1.807, 2.05) is 0 Å². The van der Waals surface area contributed by atoms with Crippen LogP contribution in [-0.4, -0.2) is 36.0 Å². The zero-order chi connectivity index (χ0) is 16.3. The van der Waals surface area contributed by atoms with Crippen LogP contribution < -0.4 is 5.32 Å². The van der Waals surface area contributed by atoms with E-state index in [1.165, 1.54) is 43.2 Å². The van der Waals surface area contributed by atoms with Crippen molar-refractivity contribution in [2.45, 2.75) is 74.9 Å². The number of fused-ring (bicyclic) bond motifs is 4. The van der Waals surface area contributed by atoms with Gasteiger partial charge in [-0.25, -0.2) is 0 Å². The minimum atomic E-state index is 0.173. The summed E-state index contributed by atoms with van der Waals surface area (Å²) in [5.41, 5.74) is 3.14. The van der Waals surface area contributed by atoms with Gasteiger partial charge in [-0.15, -0.1) is 0 Å². The summed E-state index contributed by atoms with van der Waals surface area (Å²) in [5, 5.41) is 3.69. The van der Waals surface area contributed by atoms with Gasteiger partial charge in [0.15, 0.2) is 0 Å². The van der Waals surface area contributed by atoms with Gasteiger partial charge in [-0.3, -0.25) is 4.79 Å². The fourth-order valence-electron chi connectivity index (χ4n) is 5.93. The van der Waals surface area contributed by atoms with E-state index in [1.54, 1.807) is 0 Å². The molecule has 5 rings (SSSR count). The fourth-order valence-corrected chi connectivity index (χ4v) is 5.93. The van der Waals surface area contributed by atoms with Gasteiger partial charge in [-0.05, 0) is 62.5 Å². The molecule has 3 heteroatoms. The molecular formula is C21H28N2O. The van der Waals surface area contributed by atoms with Gasteiger partial charge in [0, 0.05) is 36.5 Å². The number of hydrogen-bond acceptors (Lipinski definition) is 2. The average molecular weight is 324 g/mol. The molecule has 1 aromatic rings. The summed E-state index contributed by atoms with van der Waals surface area (Å²) in [7, 11) is 2.07. The van der Waals surface area contributed by atoms with Gasteiger partial charge < -0.3 is 10.2 Å². The lowest BCUT2D eigenvalue weighted by Crippen LogP contribution is -2.49. The molecule has 4 aliphatic rings. The second kappa shape index (κ2) is 5.32. The van der Waals surface area contributed by atoms with Gasteiger partial charge in [0.05, 0.1) is 0 Å². The highest BCUT2D eigenvalue weighted by molar-refractivity contribution is 5.85. The molecule has 1 spiro atoms. The highest BCUT2D eigenvalue weighted by atomic mass is 16.2. The van der Waals surface area contributed by atoms with Crippen molar-refractivity contribution in [1.29, 1.82) is 0 Å². The standard InChI is InChI=1S/C21H28N2O/c1-23(17-11-15-8-9-16(12-17)22-15)20(24)19-13-21(19)10-4-6-14-5-2-3-7-18(14)21/h2-3,5,7,15-17,19,22H,4,6,8-13H2,1H3.